The molecular formula is C17H23NO4S. The molecule has 0 aromatic carbocycles. The molecule has 1 N–H and O–H groups in total. The number of thiophene rings is 1. The second-order valence-corrected chi connectivity index (χ2v) is 6.46. The molecule has 23 heavy (non-hydrogen) atoms. The second-order valence-electron chi connectivity index (χ2n) is 5.48. The summed E-state index contributed by atoms with van der Waals surface area (Å²) >= 11 is 1.26. The third-order valence-electron chi connectivity index (χ3n) is 3.79. The van der Waals surface area contributed by atoms with Crippen molar-refractivity contribution in [1.29, 1.82) is 0 Å². The lowest BCUT2D eigenvalue weighted by atomic mass is 9.97. The number of rotatable bonds is 6. The highest BCUT2D eigenvalue weighted by atomic mass is 32.1. The molecule has 1 aromatic heterocycles. The molecule has 0 bridgehead atoms. The van der Waals surface area contributed by atoms with E-state index in [-0.39, 0.29) is 12.5 Å². The van der Waals surface area contributed by atoms with Crippen LogP contribution in [-0.2, 0) is 9.53 Å². The average Bonchev–Trinajstić information content (AvgIpc) is 2.84. The molecule has 5 nitrogen and oxygen atoms in total. The van der Waals surface area contributed by atoms with Crippen LogP contribution >= 0.6 is 11.3 Å². The third kappa shape index (κ3) is 4.34. The Morgan fingerprint density at radius 2 is 2.13 bits per heavy atom. The number of esters is 1. The molecule has 0 fully saturated rings. The maximum Gasteiger partial charge on any atom is 0.341 e. The van der Waals surface area contributed by atoms with E-state index in [4.69, 9.17) is 9.47 Å². The van der Waals surface area contributed by atoms with Gasteiger partial charge in [-0.05, 0) is 39.5 Å². The zero-order valence-electron chi connectivity index (χ0n) is 13.9. The number of carbonyl (C=O) groups excluding carboxylic acids is 2. The normalized spacial score (nSPS) is 14.1. The Morgan fingerprint density at radius 1 is 1.35 bits per heavy atom. The SMILES string of the molecule is CCOC(=O)c1c(NC(=O)CC2=CCCCC2)sc(OC)c1C. The maximum absolute atomic E-state index is 12.3. The number of nitrogens with one attached hydrogen (secondary N) is 1. The van der Waals surface area contributed by atoms with Crippen molar-refractivity contribution < 1.29 is 19.1 Å². The van der Waals surface area contributed by atoms with E-state index in [1.165, 1.54) is 23.3 Å². The zero-order chi connectivity index (χ0) is 16.8. The van der Waals surface area contributed by atoms with Gasteiger partial charge in [0.1, 0.15) is 10.6 Å². The van der Waals surface area contributed by atoms with Gasteiger partial charge in [0.2, 0.25) is 5.91 Å². The van der Waals surface area contributed by atoms with Gasteiger partial charge in [0.05, 0.1) is 13.7 Å². The molecule has 2 rings (SSSR count). The lowest BCUT2D eigenvalue weighted by Gasteiger charge is -2.12. The van der Waals surface area contributed by atoms with Gasteiger partial charge in [-0.2, -0.15) is 0 Å². The van der Waals surface area contributed by atoms with Crippen LogP contribution in [0.25, 0.3) is 0 Å². The van der Waals surface area contributed by atoms with Crippen LogP contribution in [0, 0.1) is 6.92 Å². The van der Waals surface area contributed by atoms with Crippen molar-refractivity contribution in [2.45, 2.75) is 46.0 Å². The lowest BCUT2D eigenvalue weighted by Crippen LogP contribution is -2.15. The number of amides is 1. The molecule has 126 valence electrons. The Morgan fingerprint density at radius 3 is 2.74 bits per heavy atom. The number of anilines is 1. The van der Waals surface area contributed by atoms with E-state index in [1.54, 1.807) is 21.0 Å². The van der Waals surface area contributed by atoms with Gasteiger partial charge in [-0.3, -0.25) is 4.79 Å². The summed E-state index contributed by atoms with van der Waals surface area (Å²) in [5, 5.41) is 3.96. The van der Waals surface area contributed by atoms with Gasteiger partial charge < -0.3 is 14.8 Å². The predicted octanol–water partition coefficient (Wildman–Crippen LogP) is 4.07. The van der Waals surface area contributed by atoms with Gasteiger partial charge in [-0.15, -0.1) is 0 Å². The van der Waals surface area contributed by atoms with Gasteiger partial charge in [0, 0.05) is 12.0 Å². The van der Waals surface area contributed by atoms with E-state index < -0.39 is 5.97 Å². The molecule has 0 atom stereocenters. The van der Waals surface area contributed by atoms with Crippen LogP contribution in [-0.4, -0.2) is 25.6 Å². The molecule has 1 aromatic rings. The standard InChI is InChI=1S/C17H23NO4S/c1-4-22-16(20)14-11(2)17(21-3)23-15(14)18-13(19)10-12-8-6-5-7-9-12/h8H,4-7,9-10H2,1-3H3,(H,18,19). The number of allylic oxidation sites excluding steroid dienone is 1. The summed E-state index contributed by atoms with van der Waals surface area (Å²) in [5.41, 5.74) is 2.26. The van der Waals surface area contributed by atoms with E-state index in [1.807, 2.05) is 0 Å². The van der Waals surface area contributed by atoms with E-state index in [2.05, 4.69) is 11.4 Å². The van der Waals surface area contributed by atoms with Crippen LogP contribution in [0.4, 0.5) is 5.00 Å². The molecule has 0 saturated heterocycles. The largest absolute Gasteiger partial charge is 0.487 e. The van der Waals surface area contributed by atoms with Crippen molar-refractivity contribution in [1.82, 2.24) is 0 Å². The average molecular weight is 337 g/mol. The minimum absolute atomic E-state index is 0.104. The number of ether oxygens (including phenoxy) is 2. The summed E-state index contributed by atoms with van der Waals surface area (Å²) in [7, 11) is 1.55. The Hall–Kier alpha value is -1.82. The molecule has 0 saturated carbocycles. The van der Waals surface area contributed by atoms with Crippen molar-refractivity contribution in [2.75, 3.05) is 19.0 Å². The Balaban J connectivity index is 2.16. The fraction of sp³-hybridized carbons (Fsp3) is 0.529. The number of carbonyl (C=O) groups is 2. The highest BCUT2D eigenvalue weighted by Crippen LogP contribution is 2.39. The molecule has 6 heteroatoms. The van der Waals surface area contributed by atoms with Crippen LogP contribution in [0.5, 0.6) is 5.06 Å². The van der Waals surface area contributed by atoms with E-state index in [9.17, 15) is 9.59 Å². The highest BCUT2D eigenvalue weighted by molar-refractivity contribution is 7.18. The van der Waals surface area contributed by atoms with Gasteiger partial charge in [-0.1, -0.05) is 23.0 Å². The minimum atomic E-state index is -0.434. The monoisotopic (exact) mass is 337 g/mol. The van der Waals surface area contributed by atoms with Crippen LogP contribution in [0.3, 0.4) is 0 Å². The van der Waals surface area contributed by atoms with Crippen molar-refractivity contribution in [3.8, 4) is 5.06 Å². The van der Waals surface area contributed by atoms with Crippen LogP contribution in [0.15, 0.2) is 11.6 Å². The van der Waals surface area contributed by atoms with Gasteiger partial charge in [-0.25, -0.2) is 4.79 Å². The van der Waals surface area contributed by atoms with Crippen molar-refractivity contribution in [3.05, 3.63) is 22.8 Å². The molecule has 1 heterocycles. The predicted molar refractivity (Wildman–Crippen MR) is 91.4 cm³/mol. The summed E-state index contributed by atoms with van der Waals surface area (Å²) in [6.45, 7) is 3.84. The Bertz CT molecular complexity index is 618. The summed E-state index contributed by atoms with van der Waals surface area (Å²) < 4.78 is 10.4. The number of hydrogen-bond donors (Lipinski definition) is 1. The Kier molecular flexibility index (Phi) is 6.21. The van der Waals surface area contributed by atoms with Crippen LogP contribution < -0.4 is 10.1 Å². The van der Waals surface area contributed by atoms with Crippen molar-refractivity contribution in [2.24, 2.45) is 0 Å². The summed E-state index contributed by atoms with van der Waals surface area (Å²) in [4.78, 5) is 24.4. The first kappa shape index (κ1) is 17.5. The summed E-state index contributed by atoms with van der Waals surface area (Å²) in [5.74, 6) is -0.538. The zero-order valence-corrected chi connectivity index (χ0v) is 14.7. The fourth-order valence-corrected chi connectivity index (χ4v) is 3.69. The molecule has 0 spiro atoms. The van der Waals surface area contributed by atoms with Crippen molar-refractivity contribution >= 4 is 28.2 Å². The maximum atomic E-state index is 12.3. The first-order valence-electron chi connectivity index (χ1n) is 7.89. The fourth-order valence-electron chi connectivity index (χ4n) is 2.67. The molecule has 1 aliphatic carbocycles. The van der Waals surface area contributed by atoms with E-state index in [0.29, 0.717) is 27.6 Å². The molecular weight excluding hydrogens is 314 g/mol. The number of methoxy groups -OCH3 is 1. The summed E-state index contributed by atoms with van der Waals surface area (Å²) in [6, 6.07) is 0. The third-order valence-corrected chi connectivity index (χ3v) is 4.96. The van der Waals surface area contributed by atoms with E-state index in [0.717, 1.165) is 19.3 Å². The molecule has 0 unspecified atom stereocenters. The number of hydrogen-bond acceptors (Lipinski definition) is 5. The quantitative estimate of drug-likeness (QED) is 0.628. The first-order valence-corrected chi connectivity index (χ1v) is 8.70. The van der Waals surface area contributed by atoms with Gasteiger partial charge >= 0.3 is 5.97 Å². The smallest absolute Gasteiger partial charge is 0.341 e. The first-order chi connectivity index (χ1) is 11.1. The Labute approximate surface area is 140 Å². The lowest BCUT2D eigenvalue weighted by molar-refractivity contribution is -0.115. The van der Waals surface area contributed by atoms with Gasteiger partial charge in [0.15, 0.2) is 5.06 Å². The molecule has 0 aliphatic heterocycles. The highest BCUT2D eigenvalue weighted by Gasteiger charge is 2.24. The topological polar surface area (TPSA) is 64.6 Å². The molecule has 1 aliphatic rings. The molecule has 0 radical (unpaired) electrons. The van der Waals surface area contributed by atoms with Crippen molar-refractivity contribution in [3.63, 3.8) is 0 Å². The minimum Gasteiger partial charge on any atom is -0.487 e. The van der Waals surface area contributed by atoms with Crippen LogP contribution in [0.2, 0.25) is 0 Å². The van der Waals surface area contributed by atoms with E-state index >= 15 is 0 Å². The molecule has 1 amide bonds. The summed E-state index contributed by atoms with van der Waals surface area (Å²) in [6.07, 6.45) is 6.88. The second kappa shape index (κ2) is 8.15. The van der Waals surface area contributed by atoms with Crippen LogP contribution in [0.1, 0.15) is 54.9 Å². The van der Waals surface area contributed by atoms with Gasteiger partial charge in [0.25, 0.3) is 0 Å².